The lowest BCUT2D eigenvalue weighted by Crippen LogP contribution is -2.66. The van der Waals surface area contributed by atoms with Gasteiger partial charge >= 0.3 is 0 Å². The average molecular weight is 294 g/mol. The van der Waals surface area contributed by atoms with Crippen LogP contribution in [0.1, 0.15) is 54.9 Å². The van der Waals surface area contributed by atoms with E-state index in [-0.39, 0.29) is 23.3 Å². The molecule has 21 heavy (non-hydrogen) atoms. The van der Waals surface area contributed by atoms with Crippen molar-refractivity contribution in [3.8, 4) is 0 Å². The zero-order valence-electron chi connectivity index (χ0n) is 14.5. The summed E-state index contributed by atoms with van der Waals surface area (Å²) in [6, 6.07) is -0.800. The molecule has 0 bridgehead atoms. The van der Waals surface area contributed by atoms with Crippen molar-refractivity contribution >= 4 is 11.8 Å². The third-order valence-corrected chi connectivity index (χ3v) is 3.75. The molecule has 0 saturated carbocycles. The molecule has 1 fully saturated rings. The molecule has 0 spiro atoms. The van der Waals surface area contributed by atoms with Gasteiger partial charge in [0.2, 0.25) is 11.8 Å². The number of nitrogens with zero attached hydrogens (tertiary/aromatic N) is 1. The number of carbonyl (C=O) groups excluding carboxylic acids is 2. The van der Waals surface area contributed by atoms with Crippen LogP contribution in [-0.4, -0.2) is 35.3 Å². The van der Waals surface area contributed by atoms with Gasteiger partial charge in [0.05, 0.1) is 0 Å². The van der Waals surface area contributed by atoms with Crippen LogP contribution >= 0.6 is 0 Å². The Bertz CT molecular complexity index is 429. The van der Waals surface area contributed by atoms with Crippen LogP contribution in [0.2, 0.25) is 0 Å². The Hall–Kier alpha value is -1.32. The summed E-state index contributed by atoms with van der Waals surface area (Å²) in [6.45, 7) is 14.6. The minimum absolute atomic E-state index is 0.0228. The highest BCUT2D eigenvalue weighted by atomic mass is 16.2. The smallest absolute Gasteiger partial charge is 0.246 e. The quantitative estimate of drug-likeness (QED) is 0.811. The van der Waals surface area contributed by atoms with Crippen molar-refractivity contribution in [2.45, 2.75) is 67.0 Å². The number of allylic oxidation sites excluding steroid dienone is 1. The minimum atomic E-state index is -0.445. The van der Waals surface area contributed by atoms with Gasteiger partial charge in [-0.25, -0.2) is 0 Å². The first kappa shape index (κ1) is 17.7. The topological polar surface area (TPSA) is 49.4 Å². The Labute approximate surface area is 129 Å². The Morgan fingerprint density at radius 3 is 2.29 bits per heavy atom. The zero-order chi connectivity index (χ0) is 16.4. The molecule has 120 valence electrons. The molecule has 1 aliphatic heterocycles. The van der Waals surface area contributed by atoms with Gasteiger partial charge in [0, 0.05) is 6.54 Å². The summed E-state index contributed by atoms with van der Waals surface area (Å²) in [4.78, 5) is 27.0. The van der Waals surface area contributed by atoms with Gasteiger partial charge in [-0.15, -0.1) is 0 Å². The van der Waals surface area contributed by atoms with E-state index >= 15 is 0 Å². The Morgan fingerprint density at radius 2 is 1.86 bits per heavy atom. The predicted octanol–water partition coefficient (Wildman–Crippen LogP) is 2.74. The first-order valence-corrected chi connectivity index (χ1v) is 7.78. The van der Waals surface area contributed by atoms with E-state index in [0.29, 0.717) is 18.9 Å². The lowest BCUT2D eigenvalue weighted by atomic mass is 9.83. The van der Waals surface area contributed by atoms with Gasteiger partial charge in [0.25, 0.3) is 0 Å². The first-order valence-electron chi connectivity index (χ1n) is 7.78. The lowest BCUT2D eigenvalue weighted by molar-refractivity contribution is -0.152. The van der Waals surface area contributed by atoms with Gasteiger partial charge < -0.3 is 10.2 Å². The van der Waals surface area contributed by atoms with Crippen LogP contribution in [0.5, 0.6) is 0 Å². The monoisotopic (exact) mass is 294 g/mol. The second-order valence-corrected chi connectivity index (χ2v) is 7.73. The van der Waals surface area contributed by atoms with E-state index in [4.69, 9.17) is 0 Å². The molecule has 0 aromatic carbocycles. The molecule has 4 nitrogen and oxygen atoms in total. The van der Waals surface area contributed by atoms with Crippen LogP contribution in [0.4, 0.5) is 0 Å². The maximum atomic E-state index is 12.8. The molecule has 1 saturated heterocycles. The maximum Gasteiger partial charge on any atom is 0.246 e. The third-order valence-electron chi connectivity index (χ3n) is 3.75. The molecular weight excluding hydrogens is 264 g/mol. The molecule has 0 aromatic rings. The van der Waals surface area contributed by atoms with Crippen molar-refractivity contribution in [1.29, 1.82) is 0 Å². The molecule has 2 atom stereocenters. The van der Waals surface area contributed by atoms with Gasteiger partial charge in [0.15, 0.2) is 0 Å². The predicted molar refractivity (Wildman–Crippen MR) is 85.8 cm³/mol. The summed E-state index contributed by atoms with van der Waals surface area (Å²) in [5.74, 6) is 0.379. The second kappa shape index (κ2) is 6.63. The Balaban J connectivity index is 3.07. The molecule has 2 unspecified atom stereocenters. The number of hydrogen-bond donors (Lipinski definition) is 1. The van der Waals surface area contributed by atoms with E-state index in [1.807, 2.05) is 40.7 Å². The summed E-state index contributed by atoms with van der Waals surface area (Å²) in [5.41, 5.74) is 0.878. The number of hydrogen-bond acceptors (Lipinski definition) is 2. The number of amides is 2. The molecule has 4 heteroatoms. The van der Waals surface area contributed by atoms with Gasteiger partial charge in [-0.2, -0.15) is 0 Å². The SMILES string of the molecule is CC(C)=CCN1C(=O)C(C(C)(C)C)NC(=O)C1CC(C)C. The summed E-state index contributed by atoms with van der Waals surface area (Å²) in [7, 11) is 0. The van der Waals surface area contributed by atoms with Crippen LogP contribution in [0.3, 0.4) is 0 Å². The van der Waals surface area contributed by atoms with E-state index in [0.717, 1.165) is 5.57 Å². The van der Waals surface area contributed by atoms with E-state index in [2.05, 4.69) is 19.2 Å². The van der Waals surface area contributed by atoms with Crippen molar-refractivity contribution < 1.29 is 9.59 Å². The summed E-state index contributed by atoms with van der Waals surface area (Å²) < 4.78 is 0. The van der Waals surface area contributed by atoms with E-state index < -0.39 is 6.04 Å². The second-order valence-electron chi connectivity index (χ2n) is 7.73. The fraction of sp³-hybridized carbons (Fsp3) is 0.765. The molecule has 1 rings (SSSR count). The average Bonchev–Trinajstić information content (AvgIpc) is 2.30. The largest absolute Gasteiger partial charge is 0.342 e. The van der Waals surface area contributed by atoms with Crippen molar-refractivity contribution in [3.05, 3.63) is 11.6 Å². The molecule has 1 heterocycles. The van der Waals surface area contributed by atoms with Crippen LogP contribution in [0.15, 0.2) is 11.6 Å². The van der Waals surface area contributed by atoms with E-state index in [9.17, 15) is 9.59 Å². The van der Waals surface area contributed by atoms with Crippen LogP contribution in [-0.2, 0) is 9.59 Å². The van der Waals surface area contributed by atoms with Gasteiger partial charge in [-0.1, -0.05) is 46.3 Å². The van der Waals surface area contributed by atoms with Gasteiger partial charge in [-0.3, -0.25) is 9.59 Å². The standard InChI is InChI=1S/C17H30N2O2/c1-11(2)8-9-19-13(10-12(3)4)15(20)18-14(16(19)21)17(5,6)7/h8,12-14H,9-10H2,1-7H3,(H,18,20). The van der Waals surface area contributed by atoms with E-state index in [1.165, 1.54) is 0 Å². The van der Waals surface area contributed by atoms with Crippen LogP contribution in [0.25, 0.3) is 0 Å². The highest BCUT2D eigenvalue weighted by Gasteiger charge is 2.44. The number of nitrogens with one attached hydrogen (secondary N) is 1. The van der Waals surface area contributed by atoms with Crippen molar-refractivity contribution in [2.24, 2.45) is 11.3 Å². The molecule has 0 radical (unpaired) electrons. The van der Waals surface area contributed by atoms with Crippen molar-refractivity contribution in [1.82, 2.24) is 10.2 Å². The van der Waals surface area contributed by atoms with Crippen LogP contribution in [0, 0.1) is 11.3 Å². The molecule has 2 amide bonds. The molecule has 0 aromatic heterocycles. The third kappa shape index (κ3) is 4.58. The molecular formula is C17H30N2O2. The Morgan fingerprint density at radius 1 is 1.29 bits per heavy atom. The lowest BCUT2D eigenvalue weighted by Gasteiger charge is -2.43. The Kier molecular flexibility index (Phi) is 5.60. The van der Waals surface area contributed by atoms with E-state index in [1.54, 1.807) is 4.90 Å². The summed E-state index contributed by atoms with van der Waals surface area (Å²) >= 11 is 0. The summed E-state index contributed by atoms with van der Waals surface area (Å²) in [5, 5.41) is 2.93. The fourth-order valence-corrected chi connectivity index (χ4v) is 2.53. The molecule has 0 aliphatic carbocycles. The maximum absolute atomic E-state index is 12.8. The minimum Gasteiger partial charge on any atom is -0.342 e. The number of carbonyl (C=O) groups is 2. The molecule has 1 aliphatic rings. The highest BCUT2D eigenvalue weighted by molar-refractivity contribution is 5.97. The molecule has 1 N–H and O–H groups in total. The van der Waals surface area contributed by atoms with Gasteiger partial charge in [-0.05, 0) is 31.6 Å². The van der Waals surface area contributed by atoms with Crippen molar-refractivity contribution in [3.63, 3.8) is 0 Å². The normalized spacial score (nSPS) is 23.3. The summed E-state index contributed by atoms with van der Waals surface area (Å²) in [6.07, 6.45) is 2.72. The van der Waals surface area contributed by atoms with Crippen LogP contribution < -0.4 is 5.32 Å². The fourth-order valence-electron chi connectivity index (χ4n) is 2.53. The number of piperazine rings is 1. The zero-order valence-corrected chi connectivity index (χ0v) is 14.5. The van der Waals surface area contributed by atoms with Crippen molar-refractivity contribution in [2.75, 3.05) is 6.54 Å². The number of rotatable bonds is 4. The highest BCUT2D eigenvalue weighted by Crippen LogP contribution is 2.27. The van der Waals surface area contributed by atoms with Gasteiger partial charge in [0.1, 0.15) is 12.1 Å². The first-order chi connectivity index (χ1) is 9.54.